The number of benzene rings is 2. The quantitative estimate of drug-likeness (QED) is 0.139. The van der Waals surface area contributed by atoms with E-state index in [1.807, 2.05) is 52.2 Å². The van der Waals surface area contributed by atoms with Crippen LogP contribution in [-0.4, -0.2) is 66.4 Å². The van der Waals surface area contributed by atoms with Crippen LogP contribution in [-0.2, 0) is 22.4 Å². The van der Waals surface area contributed by atoms with Gasteiger partial charge < -0.3 is 14.9 Å². The molecule has 0 amide bonds. The first kappa shape index (κ1) is 50.4. The van der Waals surface area contributed by atoms with Gasteiger partial charge in [0, 0.05) is 47.2 Å². The molecule has 0 saturated carbocycles. The zero-order valence-electron chi connectivity index (χ0n) is 31.9. The largest absolute Gasteiger partial charge is 0.446 e. The molecule has 296 valence electrons. The Morgan fingerprint density at radius 2 is 1.37 bits per heavy atom. The van der Waals surface area contributed by atoms with Crippen LogP contribution in [0.4, 0.5) is 35.1 Å². The van der Waals surface area contributed by atoms with Crippen LogP contribution in [0.2, 0.25) is 0 Å². The molecule has 2 aromatic carbocycles. The van der Waals surface area contributed by atoms with Crippen LogP contribution in [0.25, 0.3) is 21.8 Å². The second-order valence-corrected chi connectivity index (χ2v) is 11.5. The first-order valence-corrected chi connectivity index (χ1v) is 17.6. The van der Waals surface area contributed by atoms with Crippen molar-refractivity contribution in [3.63, 3.8) is 0 Å². The number of H-pyrrole nitrogens is 2. The molecular formula is C39H57F8N3O2. The number of hydrogen-bond donors (Lipinski definition) is 2. The molecule has 2 atom stereocenters. The van der Waals surface area contributed by atoms with E-state index in [0.29, 0.717) is 19.1 Å². The van der Waals surface area contributed by atoms with E-state index in [1.54, 1.807) is 12.1 Å². The number of carbonyl (C=O) groups is 2. The first-order valence-electron chi connectivity index (χ1n) is 17.6. The highest BCUT2D eigenvalue weighted by atomic mass is 19.4. The van der Waals surface area contributed by atoms with Crippen LogP contribution in [0.1, 0.15) is 91.7 Å². The summed E-state index contributed by atoms with van der Waals surface area (Å²) in [6.07, 6.45) is 4.06. The summed E-state index contributed by atoms with van der Waals surface area (Å²) in [7, 11) is 2.69. The molecular weight excluding hydrogens is 694 g/mol. The molecule has 0 bridgehead atoms. The smallest absolute Gasteiger partial charge is 0.361 e. The molecule has 2 N–H and O–H groups in total. The Kier molecular flexibility index (Phi) is 27.0. The van der Waals surface area contributed by atoms with Gasteiger partial charge in [0.05, 0.1) is 7.18 Å². The summed E-state index contributed by atoms with van der Waals surface area (Å²) in [6.45, 7) is 14.6. The number of aldehydes is 1. The topological polar surface area (TPSA) is 69.0 Å². The maximum Gasteiger partial charge on any atom is 0.446 e. The molecule has 2 unspecified atom stereocenters. The van der Waals surface area contributed by atoms with Crippen molar-refractivity contribution in [1.82, 2.24) is 14.9 Å². The number of ketones is 1. The van der Waals surface area contributed by atoms with Gasteiger partial charge in [-0.3, -0.25) is 14.0 Å². The molecule has 5 rings (SSSR count). The van der Waals surface area contributed by atoms with Crippen molar-refractivity contribution in [2.45, 2.75) is 112 Å². The number of nitrogens with one attached hydrogen (secondary N) is 2. The van der Waals surface area contributed by atoms with Crippen molar-refractivity contribution in [2.75, 3.05) is 20.8 Å². The van der Waals surface area contributed by atoms with Crippen molar-refractivity contribution in [3.05, 3.63) is 71.6 Å². The van der Waals surface area contributed by atoms with Crippen LogP contribution < -0.4 is 0 Å². The van der Waals surface area contributed by atoms with Gasteiger partial charge in [-0.15, -0.1) is 0 Å². The number of fused-ring (bicyclic) bond motifs is 2. The zero-order valence-corrected chi connectivity index (χ0v) is 31.9. The van der Waals surface area contributed by atoms with Crippen LogP contribution >= 0.6 is 0 Å². The molecule has 1 aliphatic rings. The molecule has 3 heterocycles. The monoisotopic (exact) mass is 751 g/mol. The van der Waals surface area contributed by atoms with Crippen molar-refractivity contribution >= 4 is 33.9 Å². The van der Waals surface area contributed by atoms with Crippen molar-refractivity contribution < 1.29 is 44.7 Å². The Bertz CT molecular complexity index is 1520. The number of halogens is 8. The van der Waals surface area contributed by atoms with Crippen molar-refractivity contribution in [3.8, 4) is 0 Å². The van der Waals surface area contributed by atoms with Gasteiger partial charge in [0.15, 0.2) is 5.78 Å². The minimum absolute atomic E-state index is 0.176. The number of aromatic nitrogens is 2. The lowest BCUT2D eigenvalue weighted by Gasteiger charge is -2.18. The number of hydrogen-bond acceptors (Lipinski definition) is 3. The number of carbonyl (C=O) groups excluding carboxylic acids is 2. The number of likely N-dealkylation sites (N-methyl/N-ethyl adjacent to an activating group) is 1. The number of aromatic amines is 2. The van der Waals surface area contributed by atoms with Gasteiger partial charge in [-0.1, -0.05) is 60.8 Å². The Morgan fingerprint density at radius 3 is 1.75 bits per heavy atom. The van der Waals surface area contributed by atoms with Crippen molar-refractivity contribution in [2.24, 2.45) is 5.92 Å². The fourth-order valence-corrected chi connectivity index (χ4v) is 5.18. The van der Waals surface area contributed by atoms with E-state index in [1.165, 1.54) is 61.9 Å². The third-order valence-corrected chi connectivity index (χ3v) is 7.65. The van der Waals surface area contributed by atoms with Crippen LogP contribution in [0, 0.1) is 17.6 Å². The number of Topliss-reactive ketones (excluding diaryl/α,β-unsaturated/α-hetero) is 1. The predicted molar refractivity (Wildman–Crippen MR) is 197 cm³/mol. The van der Waals surface area contributed by atoms with Gasteiger partial charge in [0.25, 0.3) is 6.43 Å². The van der Waals surface area contributed by atoms with Crippen molar-refractivity contribution in [1.29, 1.82) is 0 Å². The highest BCUT2D eigenvalue weighted by Gasteiger charge is 2.25. The Labute approximate surface area is 303 Å². The van der Waals surface area contributed by atoms with Crippen LogP contribution in [0.15, 0.2) is 48.8 Å². The molecule has 0 spiro atoms. The minimum Gasteiger partial charge on any atom is -0.361 e. The normalized spacial score (nSPS) is 14.0. The molecule has 0 aliphatic carbocycles. The van der Waals surface area contributed by atoms with E-state index in [0.717, 1.165) is 41.6 Å². The molecule has 52 heavy (non-hydrogen) atoms. The van der Waals surface area contributed by atoms with Gasteiger partial charge in [-0.2, -0.15) is 13.2 Å². The lowest BCUT2D eigenvalue weighted by Crippen LogP contribution is -2.26. The maximum atomic E-state index is 13.1. The highest BCUT2D eigenvalue weighted by molar-refractivity contribution is 5.84. The van der Waals surface area contributed by atoms with Gasteiger partial charge >= 0.3 is 6.18 Å². The lowest BCUT2D eigenvalue weighted by molar-refractivity contribution is -0.156. The third kappa shape index (κ3) is 19.8. The van der Waals surface area contributed by atoms with E-state index >= 15 is 0 Å². The average Bonchev–Trinajstić information content (AvgIpc) is 3.85. The zero-order chi connectivity index (χ0) is 40.4. The van der Waals surface area contributed by atoms with E-state index in [9.17, 15) is 39.9 Å². The Balaban J connectivity index is 0. The number of alkyl halides is 6. The fourth-order valence-electron chi connectivity index (χ4n) is 5.18. The summed E-state index contributed by atoms with van der Waals surface area (Å²) < 4.78 is 88.5. The molecule has 13 heteroatoms. The molecule has 0 radical (unpaired) electrons. The van der Waals surface area contributed by atoms with Gasteiger partial charge in [-0.25, -0.2) is 17.6 Å². The SMILES string of the molecule is CC.CC.CC(=O)C(F)F.CCCCC(C)Cc1c[nH]c2cc(F)ccc12.CF.CN1CCCC1Cc1c[nH]c2cc(F)ccc12.O=CC(F)(F)F. The summed E-state index contributed by atoms with van der Waals surface area (Å²) in [4.78, 5) is 26.8. The van der Waals surface area contributed by atoms with Gasteiger partial charge in [0.2, 0.25) is 6.29 Å². The van der Waals surface area contributed by atoms with E-state index in [4.69, 9.17) is 4.79 Å². The number of nitrogens with zero attached hydrogens (tertiary/aromatic N) is 1. The van der Waals surface area contributed by atoms with Gasteiger partial charge in [-0.05, 0) is 92.7 Å². The fraction of sp³-hybridized carbons (Fsp3) is 0.538. The molecule has 1 fully saturated rings. The number of rotatable bonds is 8. The number of unbranched alkanes of at least 4 members (excludes halogenated alkanes) is 1. The first-order chi connectivity index (χ1) is 24.6. The summed E-state index contributed by atoms with van der Waals surface area (Å²) >= 11 is 0. The lowest BCUT2D eigenvalue weighted by atomic mass is 9.96. The maximum absolute atomic E-state index is 13.1. The summed E-state index contributed by atoms with van der Waals surface area (Å²) in [5, 5.41) is 2.32. The Morgan fingerprint density at radius 1 is 0.923 bits per heavy atom. The minimum atomic E-state index is -4.64. The molecule has 2 aromatic heterocycles. The molecule has 4 aromatic rings. The number of likely N-dealkylation sites (tertiary alicyclic amines) is 1. The summed E-state index contributed by atoms with van der Waals surface area (Å²) in [6, 6.07) is 10.6. The van der Waals surface area contributed by atoms with Crippen LogP contribution in [0.3, 0.4) is 0 Å². The van der Waals surface area contributed by atoms with E-state index in [2.05, 4.69) is 35.8 Å². The summed E-state index contributed by atoms with van der Waals surface area (Å²) in [5.41, 5.74) is 4.42. The second kappa shape index (κ2) is 27.9. The molecule has 1 aliphatic heterocycles. The predicted octanol–water partition coefficient (Wildman–Crippen LogP) is 11.8. The van der Waals surface area contributed by atoms with E-state index in [-0.39, 0.29) is 11.6 Å². The van der Waals surface area contributed by atoms with Gasteiger partial charge in [0.1, 0.15) is 11.6 Å². The molecule has 5 nitrogen and oxygen atoms in total. The summed E-state index contributed by atoms with van der Waals surface area (Å²) in [5.74, 6) is -0.734. The highest BCUT2D eigenvalue weighted by Crippen LogP contribution is 2.26. The molecule has 1 saturated heterocycles. The van der Waals surface area contributed by atoms with E-state index < -0.39 is 24.7 Å². The van der Waals surface area contributed by atoms with Crippen LogP contribution in [0.5, 0.6) is 0 Å². The second-order valence-electron chi connectivity index (χ2n) is 11.5. The third-order valence-electron chi connectivity index (χ3n) is 7.65. The Hall–Kier alpha value is -3.74. The average molecular weight is 752 g/mol. The standard InChI is InChI=1S/C15H20FN.C14H17FN2.C3H4F2O.C2HF3O.2C2H6.CH3F/c1-3-4-5-11(2)8-12-10-17-15-9-13(16)6-7-14(12)15;1-17-6-2-3-12(17)7-10-9-16-14-8-11(15)4-5-13(10)14;1-2(6)3(4)5;3-2(4,5)1-6;3*1-2/h6-7,9-11,17H,3-5,8H2,1-2H3;4-5,8-9,12,16H,2-3,6-7H2,1H3;3H,1H3;1H;2*1-2H3;1H3.